The molecule has 9 nitrogen and oxygen atoms in total. The van der Waals surface area contributed by atoms with E-state index in [-0.39, 0.29) is 25.3 Å². The molecule has 0 aliphatic carbocycles. The Kier molecular flexibility index (Phi) is 8.46. The van der Waals surface area contributed by atoms with Gasteiger partial charge in [-0.3, -0.25) is 9.59 Å². The molecule has 1 amide bonds. The molecule has 10 heteroatoms. The van der Waals surface area contributed by atoms with Gasteiger partial charge in [-0.15, -0.1) is 0 Å². The van der Waals surface area contributed by atoms with Crippen LogP contribution in [0.15, 0.2) is 36.7 Å². The van der Waals surface area contributed by atoms with Crippen molar-refractivity contribution in [3.8, 4) is 0 Å². The maximum atomic E-state index is 12.0. The van der Waals surface area contributed by atoms with Gasteiger partial charge < -0.3 is 15.0 Å². The van der Waals surface area contributed by atoms with Crippen LogP contribution in [0.3, 0.4) is 0 Å². The number of carbonyl (C=O) groups is 2. The average Bonchev–Trinajstić information content (AvgIpc) is 2.94. The Morgan fingerprint density at radius 2 is 2.00 bits per heavy atom. The van der Waals surface area contributed by atoms with Gasteiger partial charge in [-0.1, -0.05) is 18.2 Å². The Hall–Kier alpha value is -2.72. The Morgan fingerprint density at radius 1 is 1.35 bits per heavy atom. The van der Waals surface area contributed by atoms with Crippen molar-refractivity contribution in [2.45, 2.75) is 19.9 Å². The second kappa shape index (κ2) is 10.3. The van der Waals surface area contributed by atoms with Gasteiger partial charge in [-0.25, -0.2) is 18.1 Å². The zero-order valence-electron chi connectivity index (χ0n) is 14.5. The van der Waals surface area contributed by atoms with Crippen LogP contribution in [-0.2, 0) is 26.2 Å². The van der Waals surface area contributed by atoms with Gasteiger partial charge >= 0.3 is 0 Å². The summed E-state index contributed by atoms with van der Waals surface area (Å²) in [5.74, 6) is 0.652. The Bertz CT molecular complexity index is 833. The van der Waals surface area contributed by atoms with Gasteiger partial charge in [0.1, 0.15) is 5.82 Å². The number of carbonyl (C=O) groups excluding carboxylic acids is 1. The Labute approximate surface area is 152 Å². The smallest absolute Gasteiger partial charge is 0.290 e. The van der Waals surface area contributed by atoms with E-state index in [1.54, 1.807) is 6.20 Å². The van der Waals surface area contributed by atoms with Crippen LogP contribution in [0, 0.1) is 6.92 Å². The van der Waals surface area contributed by atoms with E-state index in [0.29, 0.717) is 12.2 Å². The lowest BCUT2D eigenvalue weighted by molar-refractivity contribution is -0.123. The molecular weight excluding hydrogens is 360 g/mol. The molecule has 1 aromatic carbocycles. The number of sulfonamides is 1. The molecule has 0 aliphatic rings. The van der Waals surface area contributed by atoms with E-state index in [1.165, 1.54) is 0 Å². The zero-order valence-corrected chi connectivity index (χ0v) is 15.4. The molecular formula is C16H22N4O5S. The van der Waals surface area contributed by atoms with Crippen molar-refractivity contribution in [3.05, 3.63) is 48.0 Å². The van der Waals surface area contributed by atoms with Crippen molar-refractivity contribution < 1.29 is 23.1 Å². The summed E-state index contributed by atoms with van der Waals surface area (Å²) in [6.07, 6.45) is 4.75. The molecule has 0 saturated heterocycles. The minimum Gasteiger partial charge on any atom is -0.483 e. The number of amides is 1. The van der Waals surface area contributed by atoms with Gasteiger partial charge in [0.2, 0.25) is 15.9 Å². The van der Waals surface area contributed by atoms with Crippen LogP contribution in [0.2, 0.25) is 0 Å². The minimum atomic E-state index is -3.28. The fraction of sp³-hybridized carbons (Fsp3) is 0.312. The molecule has 2 aromatic rings. The average molecular weight is 382 g/mol. The summed E-state index contributed by atoms with van der Waals surface area (Å²) in [6.45, 7) is 2.34. The number of benzene rings is 1. The summed E-state index contributed by atoms with van der Waals surface area (Å²) >= 11 is 0. The standard InChI is InChI=1S/C15H20N4O3S.CH2O2/c1-12-16-9-10-19(12)11-13-5-3-4-6-14(13)18-15(20)7-8-17-23(2,21)22;2-1-3/h3-6,9-10,17H,7-8,11H2,1-2H3,(H,18,20);1H,(H,2,3). The van der Waals surface area contributed by atoms with Crippen LogP contribution in [0.4, 0.5) is 5.69 Å². The van der Waals surface area contributed by atoms with Gasteiger partial charge in [0.15, 0.2) is 0 Å². The highest BCUT2D eigenvalue weighted by molar-refractivity contribution is 7.88. The van der Waals surface area contributed by atoms with Crippen LogP contribution in [0.25, 0.3) is 0 Å². The number of carboxylic acid groups (broad SMARTS) is 1. The molecule has 0 atom stereocenters. The third-order valence-corrected chi connectivity index (χ3v) is 4.00. The number of para-hydroxylation sites is 1. The molecule has 26 heavy (non-hydrogen) atoms. The van der Waals surface area contributed by atoms with Crippen LogP contribution < -0.4 is 10.0 Å². The van der Waals surface area contributed by atoms with Crippen molar-refractivity contribution >= 4 is 28.1 Å². The predicted octanol–water partition coefficient (Wildman–Crippen LogP) is 0.818. The normalized spacial score (nSPS) is 10.5. The number of nitrogens with zero attached hydrogens (tertiary/aromatic N) is 2. The molecule has 0 aliphatic heterocycles. The molecule has 3 N–H and O–H groups in total. The van der Waals surface area contributed by atoms with Crippen LogP contribution in [-0.4, -0.2) is 48.3 Å². The number of hydrogen-bond donors (Lipinski definition) is 3. The third-order valence-electron chi connectivity index (χ3n) is 3.27. The number of nitrogens with one attached hydrogen (secondary N) is 2. The minimum absolute atomic E-state index is 0.0749. The second-order valence-electron chi connectivity index (χ2n) is 5.33. The van der Waals surface area contributed by atoms with Crippen molar-refractivity contribution in [1.82, 2.24) is 14.3 Å². The number of rotatable bonds is 7. The zero-order chi connectivity index (χ0) is 19.6. The molecule has 0 unspecified atom stereocenters. The molecule has 0 bridgehead atoms. The molecule has 0 fully saturated rings. The van der Waals surface area contributed by atoms with E-state index in [2.05, 4.69) is 15.0 Å². The Balaban J connectivity index is 0.00000105. The number of hydrogen-bond acceptors (Lipinski definition) is 5. The summed E-state index contributed by atoms with van der Waals surface area (Å²) in [6, 6.07) is 7.50. The summed E-state index contributed by atoms with van der Waals surface area (Å²) < 4.78 is 26.2. The molecule has 0 radical (unpaired) electrons. The van der Waals surface area contributed by atoms with E-state index in [0.717, 1.165) is 17.6 Å². The fourth-order valence-electron chi connectivity index (χ4n) is 2.10. The van der Waals surface area contributed by atoms with Gasteiger partial charge in [0, 0.05) is 31.0 Å². The van der Waals surface area contributed by atoms with E-state index >= 15 is 0 Å². The lowest BCUT2D eigenvalue weighted by Crippen LogP contribution is -2.26. The lowest BCUT2D eigenvalue weighted by Gasteiger charge is -2.12. The van der Waals surface area contributed by atoms with Gasteiger partial charge in [0.05, 0.1) is 12.8 Å². The van der Waals surface area contributed by atoms with Crippen LogP contribution in [0.5, 0.6) is 0 Å². The lowest BCUT2D eigenvalue weighted by atomic mass is 10.1. The number of aromatic nitrogens is 2. The van der Waals surface area contributed by atoms with Gasteiger partial charge in [-0.2, -0.15) is 0 Å². The molecule has 1 aromatic heterocycles. The quantitative estimate of drug-likeness (QED) is 0.608. The molecule has 0 spiro atoms. The molecule has 2 rings (SSSR count). The summed E-state index contributed by atoms with van der Waals surface area (Å²) in [7, 11) is -3.28. The monoisotopic (exact) mass is 382 g/mol. The van der Waals surface area contributed by atoms with E-state index < -0.39 is 10.0 Å². The van der Waals surface area contributed by atoms with E-state index in [4.69, 9.17) is 9.90 Å². The van der Waals surface area contributed by atoms with Crippen molar-refractivity contribution in [3.63, 3.8) is 0 Å². The topological polar surface area (TPSA) is 130 Å². The summed E-state index contributed by atoms with van der Waals surface area (Å²) in [5.41, 5.74) is 1.67. The predicted molar refractivity (Wildman–Crippen MR) is 97.3 cm³/mol. The van der Waals surface area contributed by atoms with Gasteiger partial charge in [0.25, 0.3) is 6.47 Å². The third kappa shape index (κ3) is 7.90. The number of aryl methyl sites for hydroxylation is 1. The Morgan fingerprint density at radius 3 is 2.58 bits per heavy atom. The maximum absolute atomic E-state index is 12.0. The van der Waals surface area contributed by atoms with E-state index in [1.807, 2.05) is 42.0 Å². The highest BCUT2D eigenvalue weighted by atomic mass is 32.2. The summed E-state index contributed by atoms with van der Waals surface area (Å²) in [5, 5.41) is 9.71. The number of imidazole rings is 1. The van der Waals surface area contributed by atoms with Crippen molar-refractivity contribution in [2.24, 2.45) is 0 Å². The summed E-state index contributed by atoms with van der Waals surface area (Å²) in [4.78, 5) is 24.5. The fourth-order valence-corrected chi connectivity index (χ4v) is 2.57. The first-order chi connectivity index (χ1) is 12.3. The van der Waals surface area contributed by atoms with Crippen LogP contribution >= 0.6 is 0 Å². The van der Waals surface area contributed by atoms with E-state index in [9.17, 15) is 13.2 Å². The highest BCUT2D eigenvalue weighted by Crippen LogP contribution is 2.17. The molecule has 0 saturated carbocycles. The number of anilines is 1. The van der Waals surface area contributed by atoms with Crippen molar-refractivity contribution in [2.75, 3.05) is 18.1 Å². The SMILES string of the molecule is Cc1nccn1Cc1ccccc1NC(=O)CCNS(C)(=O)=O.O=CO. The molecule has 142 valence electrons. The largest absolute Gasteiger partial charge is 0.483 e. The second-order valence-corrected chi connectivity index (χ2v) is 7.16. The highest BCUT2D eigenvalue weighted by Gasteiger charge is 2.09. The van der Waals surface area contributed by atoms with Gasteiger partial charge in [-0.05, 0) is 18.6 Å². The van der Waals surface area contributed by atoms with Crippen LogP contribution in [0.1, 0.15) is 17.8 Å². The van der Waals surface area contributed by atoms with Crippen molar-refractivity contribution in [1.29, 1.82) is 0 Å². The first-order valence-corrected chi connectivity index (χ1v) is 9.54. The maximum Gasteiger partial charge on any atom is 0.290 e. The first kappa shape index (κ1) is 21.3. The first-order valence-electron chi connectivity index (χ1n) is 7.64. The molecule has 1 heterocycles.